The molecular weight excluding hydrogens is 374 g/mol. The summed E-state index contributed by atoms with van der Waals surface area (Å²) in [5.41, 5.74) is 6.30. The number of methoxy groups -OCH3 is 1. The van der Waals surface area contributed by atoms with Gasteiger partial charge in [-0.1, -0.05) is 0 Å². The number of nitrogens with one attached hydrogen (secondary N) is 1. The molecule has 0 radical (unpaired) electrons. The van der Waals surface area contributed by atoms with Gasteiger partial charge < -0.3 is 15.8 Å². The number of thiophene rings is 2. The lowest BCUT2D eigenvalue weighted by Crippen LogP contribution is -2.04. The Bertz CT molecular complexity index is 703. The molecule has 0 saturated carbocycles. The fraction of sp³-hybridized carbons (Fsp3) is 0.231. The average Bonchev–Trinajstić information content (AvgIpc) is 3.02. The number of nitrogen functional groups attached to an aromatic ring is 1. The zero-order valence-electron chi connectivity index (χ0n) is 11.1. The van der Waals surface area contributed by atoms with Gasteiger partial charge >= 0.3 is 5.97 Å². The van der Waals surface area contributed by atoms with Crippen LogP contribution in [0.3, 0.4) is 0 Å². The summed E-state index contributed by atoms with van der Waals surface area (Å²) in [5, 5.41) is 12.9. The molecule has 0 saturated heterocycles. The molecule has 0 aliphatic rings. The molecule has 0 amide bonds. The third-order valence-electron chi connectivity index (χ3n) is 2.71. The third kappa shape index (κ3) is 3.56. The van der Waals surface area contributed by atoms with Crippen molar-refractivity contribution in [3.05, 3.63) is 31.2 Å². The Kier molecular flexibility index (Phi) is 5.22. The second-order valence-corrected chi connectivity index (χ2v) is 7.60. The molecule has 8 heteroatoms. The Balaban J connectivity index is 2.09. The molecule has 2 heterocycles. The molecule has 0 aromatic carbocycles. The van der Waals surface area contributed by atoms with Gasteiger partial charge in [0.1, 0.15) is 21.5 Å². The average molecular weight is 386 g/mol. The minimum Gasteiger partial charge on any atom is -0.465 e. The van der Waals surface area contributed by atoms with Crippen molar-refractivity contribution in [2.24, 2.45) is 0 Å². The molecule has 0 unspecified atom stereocenters. The zero-order valence-corrected chi connectivity index (χ0v) is 14.3. The Morgan fingerprint density at radius 1 is 1.52 bits per heavy atom. The van der Waals surface area contributed by atoms with Crippen LogP contribution < -0.4 is 11.1 Å². The number of carbonyl (C=O) groups is 1. The van der Waals surface area contributed by atoms with Crippen LogP contribution in [0.1, 0.15) is 20.1 Å². The number of hydrogen-bond donors (Lipinski definition) is 2. The lowest BCUT2D eigenvalue weighted by Gasteiger charge is -2.02. The first-order valence-corrected chi connectivity index (χ1v) is 8.38. The molecule has 21 heavy (non-hydrogen) atoms. The first-order valence-electron chi connectivity index (χ1n) is 5.95. The number of anilines is 2. The molecule has 5 nitrogen and oxygen atoms in total. The Hall–Kier alpha value is -1.56. The van der Waals surface area contributed by atoms with Gasteiger partial charge in [-0.05, 0) is 34.5 Å². The minimum atomic E-state index is -0.524. The van der Waals surface area contributed by atoms with Crippen molar-refractivity contribution in [1.82, 2.24) is 0 Å². The molecule has 0 spiro atoms. The highest BCUT2D eigenvalue weighted by molar-refractivity contribution is 9.11. The van der Waals surface area contributed by atoms with Gasteiger partial charge in [-0.25, -0.2) is 4.79 Å². The maximum Gasteiger partial charge on any atom is 0.350 e. The largest absolute Gasteiger partial charge is 0.465 e. The summed E-state index contributed by atoms with van der Waals surface area (Å²) in [7, 11) is 1.29. The van der Waals surface area contributed by atoms with Crippen molar-refractivity contribution >= 4 is 55.3 Å². The van der Waals surface area contributed by atoms with Gasteiger partial charge in [0.25, 0.3) is 0 Å². The fourth-order valence-electron chi connectivity index (χ4n) is 1.71. The maximum absolute atomic E-state index is 11.6. The van der Waals surface area contributed by atoms with Gasteiger partial charge in [0, 0.05) is 11.4 Å². The van der Waals surface area contributed by atoms with Crippen molar-refractivity contribution in [2.75, 3.05) is 24.7 Å². The quantitative estimate of drug-likeness (QED) is 0.769. The van der Waals surface area contributed by atoms with E-state index in [0.29, 0.717) is 17.1 Å². The monoisotopic (exact) mass is 385 g/mol. The lowest BCUT2D eigenvalue weighted by atomic mass is 10.2. The van der Waals surface area contributed by atoms with Gasteiger partial charge in [0.2, 0.25) is 0 Å². The normalized spacial score (nSPS) is 10.1. The van der Waals surface area contributed by atoms with Crippen molar-refractivity contribution in [3.8, 4) is 6.07 Å². The van der Waals surface area contributed by atoms with Crippen LogP contribution in [0.4, 0.5) is 10.7 Å². The highest BCUT2D eigenvalue weighted by Gasteiger charge is 2.21. The topological polar surface area (TPSA) is 88.1 Å². The predicted molar refractivity (Wildman–Crippen MR) is 89.0 cm³/mol. The summed E-state index contributed by atoms with van der Waals surface area (Å²) in [6.07, 6.45) is 0.826. The molecule has 2 aromatic heterocycles. The summed E-state index contributed by atoms with van der Waals surface area (Å²) in [6.45, 7) is 0.655. The van der Waals surface area contributed by atoms with E-state index in [4.69, 9.17) is 11.0 Å². The van der Waals surface area contributed by atoms with Crippen LogP contribution in [0, 0.1) is 11.3 Å². The van der Waals surface area contributed by atoms with Crippen LogP contribution in [0.2, 0.25) is 0 Å². The van der Waals surface area contributed by atoms with Crippen molar-refractivity contribution < 1.29 is 9.53 Å². The van der Waals surface area contributed by atoms with Gasteiger partial charge in [0.15, 0.2) is 0 Å². The van der Waals surface area contributed by atoms with E-state index in [1.807, 2.05) is 18.2 Å². The van der Waals surface area contributed by atoms with Crippen molar-refractivity contribution in [3.63, 3.8) is 0 Å². The van der Waals surface area contributed by atoms with Crippen LogP contribution in [0.25, 0.3) is 0 Å². The molecular formula is C13H12BrN3O2S2. The second-order valence-electron chi connectivity index (χ2n) is 4.03. The number of rotatable bonds is 5. The number of nitriles is 1. The van der Waals surface area contributed by atoms with E-state index in [2.05, 4.69) is 26.0 Å². The van der Waals surface area contributed by atoms with E-state index in [1.54, 1.807) is 11.3 Å². The Morgan fingerprint density at radius 3 is 2.86 bits per heavy atom. The third-order valence-corrected chi connectivity index (χ3v) is 5.54. The number of esters is 1. The van der Waals surface area contributed by atoms with E-state index < -0.39 is 5.97 Å². The van der Waals surface area contributed by atoms with E-state index in [0.717, 1.165) is 21.5 Å². The van der Waals surface area contributed by atoms with Crippen molar-refractivity contribution in [2.45, 2.75) is 6.42 Å². The molecule has 0 atom stereocenters. The highest BCUT2D eigenvalue weighted by atomic mass is 79.9. The number of nitrogens with two attached hydrogens (primary N) is 1. The van der Waals surface area contributed by atoms with Gasteiger partial charge in [-0.2, -0.15) is 5.26 Å². The van der Waals surface area contributed by atoms with Crippen LogP contribution in [-0.4, -0.2) is 19.6 Å². The number of nitrogens with zero attached hydrogens (tertiary/aromatic N) is 1. The standard InChI is InChI=1S/C13H12BrN3O2S2/c1-19-13(18)11-10(16)8(6-15)12(21-11)17-5-4-7-2-3-9(14)20-7/h2-3,17H,4-5,16H2,1H3. The molecule has 110 valence electrons. The molecule has 2 rings (SSSR count). The first kappa shape index (κ1) is 15.8. The van der Waals surface area contributed by atoms with E-state index in [9.17, 15) is 4.79 Å². The van der Waals surface area contributed by atoms with Gasteiger partial charge in [-0.3, -0.25) is 0 Å². The van der Waals surface area contributed by atoms with Crippen LogP contribution >= 0.6 is 38.6 Å². The summed E-state index contributed by atoms with van der Waals surface area (Å²) in [4.78, 5) is 13.1. The summed E-state index contributed by atoms with van der Waals surface area (Å²) in [5.74, 6) is -0.524. The highest BCUT2D eigenvalue weighted by Crippen LogP contribution is 2.35. The van der Waals surface area contributed by atoms with E-state index in [-0.39, 0.29) is 10.6 Å². The SMILES string of the molecule is COC(=O)c1sc(NCCc2ccc(Br)s2)c(C#N)c1N. The maximum atomic E-state index is 11.6. The van der Waals surface area contributed by atoms with E-state index in [1.165, 1.54) is 12.0 Å². The number of carbonyl (C=O) groups excluding carboxylic acids is 1. The van der Waals surface area contributed by atoms with Crippen LogP contribution in [0.15, 0.2) is 15.9 Å². The summed E-state index contributed by atoms with van der Waals surface area (Å²) >= 11 is 6.23. The minimum absolute atomic E-state index is 0.177. The molecule has 3 N–H and O–H groups in total. The smallest absolute Gasteiger partial charge is 0.350 e. The zero-order chi connectivity index (χ0) is 15.4. The lowest BCUT2D eigenvalue weighted by molar-refractivity contribution is 0.0607. The predicted octanol–water partition coefficient (Wildman–Crippen LogP) is 3.47. The Morgan fingerprint density at radius 2 is 2.29 bits per heavy atom. The first-order chi connectivity index (χ1) is 10.1. The number of hydrogen-bond acceptors (Lipinski definition) is 7. The second kappa shape index (κ2) is 6.93. The van der Waals surface area contributed by atoms with Crippen molar-refractivity contribution in [1.29, 1.82) is 5.26 Å². The van der Waals surface area contributed by atoms with Crippen LogP contribution in [-0.2, 0) is 11.2 Å². The Labute approximate surface area is 138 Å². The number of ether oxygens (including phenoxy) is 1. The summed E-state index contributed by atoms with van der Waals surface area (Å²) in [6, 6.07) is 6.07. The fourth-order valence-corrected chi connectivity index (χ4v) is 4.21. The van der Waals surface area contributed by atoms with Gasteiger partial charge in [-0.15, -0.1) is 22.7 Å². The molecule has 0 aliphatic carbocycles. The number of halogens is 1. The molecule has 0 aliphatic heterocycles. The summed E-state index contributed by atoms with van der Waals surface area (Å²) < 4.78 is 5.74. The van der Waals surface area contributed by atoms with E-state index >= 15 is 0 Å². The molecule has 2 aromatic rings. The van der Waals surface area contributed by atoms with Gasteiger partial charge in [0.05, 0.1) is 16.6 Å². The van der Waals surface area contributed by atoms with Crippen LogP contribution in [0.5, 0.6) is 0 Å². The molecule has 0 fully saturated rings. The molecule has 0 bridgehead atoms.